The maximum atomic E-state index is 6.14. The van der Waals surface area contributed by atoms with Gasteiger partial charge in [-0.3, -0.25) is 4.98 Å². The Hall–Kier alpha value is -1.35. The molecule has 0 fully saturated rings. The molecule has 3 heteroatoms. The van der Waals surface area contributed by atoms with Crippen LogP contribution in [0.1, 0.15) is 30.0 Å². The maximum Gasteiger partial charge on any atom is 0.113 e. The Labute approximate surface area is 90.0 Å². The first-order valence-corrected chi connectivity index (χ1v) is 5.28. The number of aromatic nitrogens is 1. The van der Waals surface area contributed by atoms with Gasteiger partial charge in [0.1, 0.15) is 5.76 Å². The number of hydrogen-bond acceptors (Lipinski definition) is 3. The van der Waals surface area contributed by atoms with Gasteiger partial charge in [0.05, 0.1) is 12.6 Å². The van der Waals surface area contributed by atoms with Crippen LogP contribution in [-0.2, 0) is 4.74 Å². The molecule has 1 aliphatic rings. The molecule has 1 aliphatic heterocycles. The molecule has 0 amide bonds. The molecule has 0 radical (unpaired) electrons. The van der Waals surface area contributed by atoms with Crippen LogP contribution in [0, 0.1) is 6.92 Å². The Morgan fingerprint density at radius 1 is 1.53 bits per heavy atom. The van der Waals surface area contributed by atoms with E-state index in [4.69, 9.17) is 10.5 Å². The van der Waals surface area contributed by atoms with Gasteiger partial charge in [-0.05, 0) is 43.0 Å². The Bertz CT molecular complexity index is 374. The summed E-state index contributed by atoms with van der Waals surface area (Å²) in [6.45, 7) is 2.82. The van der Waals surface area contributed by atoms with Gasteiger partial charge >= 0.3 is 0 Å². The lowest BCUT2D eigenvalue weighted by Crippen LogP contribution is -2.19. The van der Waals surface area contributed by atoms with Crippen LogP contribution in [0.25, 0.3) is 0 Å². The molecule has 1 atom stereocenters. The number of nitrogens with two attached hydrogens (primary N) is 1. The van der Waals surface area contributed by atoms with E-state index in [9.17, 15) is 0 Å². The summed E-state index contributed by atoms with van der Waals surface area (Å²) in [6.07, 6.45) is 7.83. The molecule has 80 valence electrons. The highest BCUT2D eigenvalue weighted by molar-refractivity contribution is 5.30. The Balaban J connectivity index is 2.23. The van der Waals surface area contributed by atoms with E-state index in [2.05, 4.69) is 11.1 Å². The topological polar surface area (TPSA) is 48.1 Å². The van der Waals surface area contributed by atoms with Gasteiger partial charge in [0.25, 0.3) is 0 Å². The minimum atomic E-state index is -0.168. The average Bonchev–Trinajstić information content (AvgIpc) is 2.30. The van der Waals surface area contributed by atoms with Crippen molar-refractivity contribution in [3.63, 3.8) is 0 Å². The molecule has 1 aromatic rings. The van der Waals surface area contributed by atoms with Crippen LogP contribution in [0.3, 0.4) is 0 Å². The van der Waals surface area contributed by atoms with Crippen LogP contribution in [0.2, 0.25) is 0 Å². The summed E-state index contributed by atoms with van der Waals surface area (Å²) < 4.78 is 5.56. The van der Waals surface area contributed by atoms with Crippen molar-refractivity contribution in [1.29, 1.82) is 0 Å². The van der Waals surface area contributed by atoms with Crippen LogP contribution in [-0.4, -0.2) is 11.6 Å². The van der Waals surface area contributed by atoms with E-state index >= 15 is 0 Å². The molecule has 0 saturated carbocycles. The monoisotopic (exact) mass is 204 g/mol. The zero-order valence-corrected chi connectivity index (χ0v) is 8.94. The summed E-state index contributed by atoms with van der Waals surface area (Å²) in [6, 6.07) is 1.80. The lowest BCUT2D eigenvalue weighted by atomic mass is 10.0. The second-order valence-electron chi connectivity index (χ2n) is 3.81. The van der Waals surface area contributed by atoms with E-state index in [0.29, 0.717) is 0 Å². The molecule has 0 aliphatic carbocycles. The van der Waals surface area contributed by atoms with E-state index in [-0.39, 0.29) is 6.04 Å². The fourth-order valence-corrected chi connectivity index (χ4v) is 1.75. The van der Waals surface area contributed by atoms with Crippen molar-refractivity contribution in [2.24, 2.45) is 5.73 Å². The van der Waals surface area contributed by atoms with Gasteiger partial charge in [-0.1, -0.05) is 0 Å². The van der Waals surface area contributed by atoms with Crippen LogP contribution < -0.4 is 5.73 Å². The third kappa shape index (κ3) is 2.18. The fourth-order valence-electron chi connectivity index (χ4n) is 1.75. The van der Waals surface area contributed by atoms with Crippen LogP contribution in [0.5, 0.6) is 0 Å². The molecule has 1 aromatic heterocycles. The molecule has 0 aromatic carbocycles. The summed E-state index contributed by atoms with van der Waals surface area (Å²) in [5, 5.41) is 0. The zero-order valence-electron chi connectivity index (χ0n) is 8.94. The molecule has 15 heavy (non-hydrogen) atoms. The molecule has 0 spiro atoms. The quantitative estimate of drug-likeness (QED) is 0.802. The summed E-state index contributed by atoms with van der Waals surface area (Å²) in [5.41, 5.74) is 8.34. The minimum Gasteiger partial charge on any atom is -0.496 e. The number of rotatable bonds is 2. The van der Waals surface area contributed by atoms with Gasteiger partial charge in [0, 0.05) is 12.4 Å². The highest BCUT2D eigenvalue weighted by Crippen LogP contribution is 2.25. The largest absolute Gasteiger partial charge is 0.496 e. The molecule has 2 rings (SSSR count). The number of nitrogens with zero attached hydrogens (tertiary/aromatic N) is 1. The van der Waals surface area contributed by atoms with Crippen molar-refractivity contribution in [2.45, 2.75) is 25.8 Å². The molecular formula is C12H16N2O. The lowest BCUT2D eigenvalue weighted by Gasteiger charge is -2.21. The van der Waals surface area contributed by atoms with E-state index in [1.165, 1.54) is 0 Å². The number of pyridine rings is 1. The zero-order chi connectivity index (χ0) is 10.7. The molecule has 3 nitrogen and oxygen atoms in total. The van der Waals surface area contributed by atoms with Gasteiger partial charge in [0.15, 0.2) is 0 Å². The van der Waals surface area contributed by atoms with Crippen LogP contribution >= 0.6 is 0 Å². The van der Waals surface area contributed by atoms with Gasteiger partial charge in [-0.15, -0.1) is 0 Å². The Morgan fingerprint density at radius 3 is 3.07 bits per heavy atom. The first-order valence-electron chi connectivity index (χ1n) is 5.28. The summed E-state index contributed by atoms with van der Waals surface area (Å²) in [5.74, 6) is 0.886. The molecule has 1 unspecified atom stereocenters. The van der Waals surface area contributed by atoms with E-state index < -0.39 is 0 Å². The van der Waals surface area contributed by atoms with Crippen molar-refractivity contribution in [2.75, 3.05) is 6.61 Å². The highest BCUT2D eigenvalue weighted by Gasteiger charge is 2.17. The fraction of sp³-hybridized carbons (Fsp3) is 0.417. The van der Waals surface area contributed by atoms with Gasteiger partial charge in [-0.2, -0.15) is 0 Å². The van der Waals surface area contributed by atoms with E-state index in [1.54, 1.807) is 6.20 Å². The van der Waals surface area contributed by atoms with Crippen molar-refractivity contribution in [1.82, 2.24) is 4.98 Å². The lowest BCUT2D eigenvalue weighted by molar-refractivity contribution is 0.175. The molecule has 2 heterocycles. The summed E-state index contributed by atoms with van der Waals surface area (Å²) in [7, 11) is 0. The Morgan fingerprint density at radius 2 is 2.40 bits per heavy atom. The smallest absolute Gasteiger partial charge is 0.113 e. The number of allylic oxidation sites excluding steroid dienone is 1. The van der Waals surface area contributed by atoms with Crippen molar-refractivity contribution in [3.05, 3.63) is 41.4 Å². The molecular weight excluding hydrogens is 188 g/mol. The number of hydrogen-bond donors (Lipinski definition) is 1. The third-order valence-electron chi connectivity index (χ3n) is 2.68. The first-order chi connectivity index (χ1) is 7.29. The predicted molar refractivity (Wildman–Crippen MR) is 59.2 cm³/mol. The van der Waals surface area contributed by atoms with Crippen molar-refractivity contribution in [3.8, 4) is 0 Å². The van der Waals surface area contributed by atoms with Crippen LogP contribution in [0.4, 0.5) is 0 Å². The van der Waals surface area contributed by atoms with E-state index in [1.807, 2.05) is 19.2 Å². The average molecular weight is 204 g/mol. The molecule has 0 bridgehead atoms. The predicted octanol–water partition coefficient (Wildman–Crippen LogP) is 2.08. The first kappa shape index (κ1) is 10.2. The van der Waals surface area contributed by atoms with Gasteiger partial charge < -0.3 is 10.5 Å². The normalized spacial score (nSPS) is 17.9. The van der Waals surface area contributed by atoms with Crippen LogP contribution in [0.15, 0.2) is 30.3 Å². The van der Waals surface area contributed by atoms with Gasteiger partial charge in [-0.25, -0.2) is 0 Å². The molecule has 2 N–H and O–H groups in total. The maximum absolute atomic E-state index is 6.14. The minimum absolute atomic E-state index is 0.168. The third-order valence-corrected chi connectivity index (χ3v) is 2.68. The highest BCUT2D eigenvalue weighted by atomic mass is 16.5. The number of ether oxygens (including phenoxy) is 1. The molecule has 0 saturated heterocycles. The standard InChI is InChI=1S/C12H16N2O/c1-9-5-6-14-8-10(9)12(13)11-4-2-3-7-15-11/h4-6,8,12H,2-3,7,13H2,1H3. The summed E-state index contributed by atoms with van der Waals surface area (Å²) >= 11 is 0. The number of aryl methyl sites for hydroxylation is 1. The van der Waals surface area contributed by atoms with Crippen molar-refractivity contribution >= 4 is 0 Å². The van der Waals surface area contributed by atoms with Gasteiger partial charge in [0.2, 0.25) is 0 Å². The van der Waals surface area contributed by atoms with E-state index in [0.717, 1.165) is 36.3 Å². The van der Waals surface area contributed by atoms with Crippen molar-refractivity contribution < 1.29 is 4.74 Å². The second kappa shape index (κ2) is 4.45. The Kier molecular flexibility index (Phi) is 3.02. The SMILES string of the molecule is Cc1ccncc1C(N)C1=CCCCO1. The summed E-state index contributed by atoms with van der Waals surface area (Å²) in [4.78, 5) is 4.10. The second-order valence-corrected chi connectivity index (χ2v) is 3.81.